The molecule has 0 aliphatic carbocycles. The number of anilines is 1. The number of carbonyl (C=O) groups is 1. The maximum atomic E-state index is 13.0. The summed E-state index contributed by atoms with van der Waals surface area (Å²) in [4.78, 5) is 13.0. The largest absolute Gasteiger partial charge is 0.352 e. The molecule has 0 aromatic heterocycles. The Balaban J connectivity index is 2.19. The van der Waals surface area contributed by atoms with Crippen molar-refractivity contribution in [2.45, 2.75) is 52.1 Å². The molecule has 2 atom stereocenters. The molecule has 29 heavy (non-hydrogen) atoms. The minimum absolute atomic E-state index is 0.0846. The van der Waals surface area contributed by atoms with Crippen LogP contribution in [0, 0.1) is 6.92 Å². The predicted octanol–water partition coefficient (Wildman–Crippen LogP) is 4.33. The number of rotatable bonds is 9. The van der Waals surface area contributed by atoms with Crippen LogP contribution in [-0.2, 0) is 21.2 Å². The van der Waals surface area contributed by atoms with Gasteiger partial charge in [-0.3, -0.25) is 9.10 Å². The minimum Gasteiger partial charge on any atom is -0.352 e. The lowest BCUT2D eigenvalue weighted by molar-refractivity contribution is -0.122. The smallest absolute Gasteiger partial charge is 0.244 e. The molecule has 2 aromatic carbocycles. The second-order valence-electron chi connectivity index (χ2n) is 7.35. The molecular weight excluding hydrogens is 408 g/mol. The van der Waals surface area contributed by atoms with Gasteiger partial charge in [-0.25, -0.2) is 8.42 Å². The number of benzene rings is 2. The summed E-state index contributed by atoms with van der Waals surface area (Å²) in [7, 11) is -3.69. The summed E-state index contributed by atoms with van der Waals surface area (Å²) in [5.41, 5.74) is 2.37. The van der Waals surface area contributed by atoms with E-state index in [1.54, 1.807) is 32.0 Å². The van der Waals surface area contributed by atoms with E-state index in [9.17, 15) is 13.2 Å². The van der Waals surface area contributed by atoms with Crippen LogP contribution in [0.25, 0.3) is 0 Å². The molecule has 0 spiro atoms. The van der Waals surface area contributed by atoms with Gasteiger partial charge in [0.1, 0.15) is 6.04 Å². The number of aryl methyl sites for hydroxylation is 2. The van der Waals surface area contributed by atoms with E-state index >= 15 is 0 Å². The molecule has 0 radical (unpaired) electrons. The third-order valence-electron chi connectivity index (χ3n) is 4.84. The minimum atomic E-state index is -3.69. The lowest BCUT2D eigenvalue weighted by Crippen LogP contribution is -2.51. The third-order valence-corrected chi connectivity index (χ3v) is 6.24. The van der Waals surface area contributed by atoms with Crippen molar-refractivity contribution >= 4 is 33.2 Å². The standard InChI is InChI=1S/C22H29ClN2O3S/c1-5-20(22(26)24-17(3)12-13-18-9-7-6-8-10-18)25(29(4,27)28)21-15-19(23)14-11-16(21)2/h6-11,14-15,17,20H,5,12-13H2,1-4H3,(H,24,26)/t17-,20-/m0/s1. The van der Waals surface area contributed by atoms with Crippen molar-refractivity contribution in [1.29, 1.82) is 0 Å². The zero-order valence-corrected chi connectivity index (χ0v) is 18.9. The van der Waals surface area contributed by atoms with Crippen LogP contribution < -0.4 is 9.62 Å². The van der Waals surface area contributed by atoms with Gasteiger partial charge >= 0.3 is 0 Å². The van der Waals surface area contributed by atoms with Crippen molar-refractivity contribution in [3.63, 3.8) is 0 Å². The van der Waals surface area contributed by atoms with E-state index in [1.807, 2.05) is 25.1 Å². The first kappa shape index (κ1) is 23.2. The summed E-state index contributed by atoms with van der Waals surface area (Å²) < 4.78 is 26.4. The van der Waals surface area contributed by atoms with Gasteiger partial charge in [-0.1, -0.05) is 54.9 Å². The predicted molar refractivity (Wildman–Crippen MR) is 120 cm³/mol. The first-order valence-electron chi connectivity index (χ1n) is 9.73. The van der Waals surface area contributed by atoms with Gasteiger partial charge in [-0.15, -0.1) is 0 Å². The number of nitrogens with zero attached hydrogens (tertiary/aromatic N) is 1. The van der Waals surface area contributed by atoms with Crippen LogP contribution in [0.4, 0.5) is 5.69 Å². The van der Waals surface area contributed by atoms with E-state index in [0.717, 1.165) is 24.7 Å². The quantitative estimate of drug-likeness (QED) is 0.636. The maximum Gasteiger partial charge on any atom is 0.244 e. The van der Waals surface area contributed by atoms with Crippen molar-refractivity contribution in [1.82, 2.24) is 5.32 Å². The third kappa shape index (κ3) is 6.47. The molecule has 1 amide bonds. The molecule has 1 N–H and O–H groups in total. The van der Waals surface area contributed by atoms with E-state index < -0.39 is 16.1 Å². The first-order chi connectivity index (χ1) is 13.6. The number of carbonyl (C=O) groups excluding carboxylic acids is 1. The topological polar surface area (TPSA) is 66.5 Å². The number of amides is 1. The number of halogens is 1. The van der Waals surface area contributed by atoms with Gasteiger partial charge in [0.2, 0.25) is 15.9 Å². The highest BCUT2D eigenvalue weighted by atomic mass is 35.5. The Morgan fingerprint density at radius 1 is 1.17 bits per heavy atom. The zero-order chi connectivity index (χ0) is 21.6. The second kappa shape index (κ2) is 10.1. The van der Waals surface area contributed by atoms with E-state index in [2.05, 4.69) is 17.4 Å². The molecule has 0 bridgehead atoms. The fourth-order valence-electron chi connectivity index (χ4n) is 3.29. The van der Waals surface area contributed by atoms with Crippen molar-refractivity contribution in [2.75, 3.05) is 10.6 Å². The van der Waals surface area contributed by atoms with Gasteiger partial charge in [-0.2, -0.15) is 0 Å². The first-order valence-corrected chi connectivity index (χ1v) is 12.0. The highest BCUT2D eigenvalue weighted by Crippen LogP contribution is 2.29. The number of sulfonamides is 1. The molecule has 5 nitrogen and oxygen atoms in total. The van der Waals surface area contributed by atoms with E-state index in [1.165, 1.54) is 9.87 Å². The van der Waals surface area contributed by atoms with Crippen LogP contribution in [-0.4, -0.2) is 32.7 Å². The highest BCUT2D eigenvalue weighted by molar-refractivity contribution is 7.92. The van der Waals surface area contributed by atoms with Crippen LogP contribution in [0.3, 0.4) is 0 Å². The average Bonchev–Trinajstić information content (AvgIpc) is 2.66. The summed E-state index contributed by atoms with van der Waals surface area (Å²) in [5, 5.41) is 3.40. The number of nitrogens with one attached hydrogen (secondary N) is 1. The van der Waals surface area contributed by atoms with E-state index in [4.69, 9.17) is 11.6 Å². The molecule has 2 aromatic rings. The molecule has 0 heterocycles. The molecule has 0 aliphatic heterocycles. The molecule has 7 heteroatoms. The summed E-state index contributed by atoms with van der Waals surface area (Å²) in [6.45, 7) is 5.54. The number of hydrogen-bond acceptors (Lipinski definition) is 3. The Morgan fingerprint density at radius 2 is 1.83 bits per heavy atom. The molecule has 2 rings (SSSR count). The summed E-state index contributed by atoms with van der Waals surface area (Å²) in [5.74, 6) is -0.308. The van der Waals surface area contributed by atoms with Crippen LogP contribution >= 0.6 is 11.6 Å². The highest BCUT2D eigenvalue weighted by Gasteiger charge is 2.33. The zero-order valence-electron chi connectivity index (χ0n) is 17.4. The second-order valence-corrected chi connectivity index (χ2v) is 9.64. The summed E-state index contributed by atoms with van der Waals surface area (Å²) in [6.07, 6.45) is 3.06. The van der Waals surface area contributed by atoms with Crippen molar-refractivity contribution < 1.29 is 13.2 Å². The molecule has 0 aliphatic rings. The Labute approximate surface area is 179 Å². The monoisotopic (exact) mass is 436 g/mol. The van der Waals surface area contributed by atoms with Crippen molar-refractivity contribution in [2.24, 2.45) is 0 Å². The van der Waals surface area contributed by atoms with Gasteiger partial charge < -0.3 is 5.32 Å². The van der Waals surface area contributed by atoms with Crippen LogP contribution in [0.1, 0.15) is 37.8 Å². The van der Waals surface area contributed by atoms with Crippen LogP contribution in [0.5, 0.6) is 0 Å². The van der Waals surface area contributed by atoms with Crippen LogP contribution in [0.2, 0.25) is 5.02 Å². The maximum absolute atomic E-state index is 13.0. The lowest BCUT2D eigenvalue weighted by Gasteiger charge is -2.32. The molecule has 0 unspecified atom stereocenters. The Hall–Kier alpha value is -2.05. The van der Waals surface area contributed by atoms with Crippen molar-refractivity contribution in [3.8, 4) is 0 Å². The fraction of sp³-hybridized carbons (Fsp3) is 0.409. The molecule has 158 valence electrons. The molecule has 0 fully saturated rings. The summed E-state index contributed by atoms with van der Waals surface area (Å²) >= 11 is 6.10. The van der Waals surface area contributed by atoms with Gasteiger partial charge in [0.15, 0.2) is 0 Å². The Bertz CT molecular complexity index is 932. The van der Waals surface area contributed by atoms with Crippen molar-refractivity contribution in [3.05, 3.63) is 64.7 Å². The van der Waals surface area contributed by atoms with Gasteiger partial charge in [-0.05, 0) is 56.4 Å². The van der Waals surface area contributed by atoms with Gasteiger partial charge in [0, 0.05) is 11.1 Å². The average molecular weight is 437 g/mol. The van der Waals surface area contributed by atoms with Gasteiger partial charge in [0.05, 0.1) is 11.9 Å². The van der Waals surface area contributed by atoms with E-state index in [0.29, 0.717) is 17.1 Å². The van der Waals surface area contributed by atoms with E-state index in [-0.39, 0.29) is 11.9 Å². The lowest BCUT2D eigenvalue weighted by atomic mass is 10.1. The molecule has 0 saturated carbocycles. The Morgan fingerprint density at radius 3 is 2.41 bits per heavy atom. The normalized spacial score (nSPS) is 13.6. The van der Waals surface area contributed by atoms with Crippen LogP contribution in [0.15, 0.2) is 48.5 Å². The molecular formula is C22H29ClN2O3S. The van der Waals surface area contributed by atoms with Gasteiger partial charge in [0.25, 0.3) is 0 Å². The summed E-state index contributed by atoms with van der Waals surface area (Å²) in [6, 6.07) is 14.2. The fourth-order valence-corrected chi connectivity index (χ4v) is 4.72. The SMILES string of the molecule is CC[C@@H](C(=O)N[C@@H](C)CCc1ccccc1)N(c1cc(Cl)ccc1C)S(C)(=O)=O. The molecule has 0 saturated heterocycles. The Kier molecular flexibility index (Phi) is 8.11. The number of hydrogen-bond donors (Lipinski definition) is 1.